The maximum atomic E-state index is 12.1. The molecule has 1 heterocycles. The molecule has 6 N–H and O–H groups in total. The van der Waals surface area contributed by atoms with Gasteiger partial charge < -0.3 is 21.9 Å². The zero-order chi connectivity index (χ0) is 17.4. The predicted octanol–water partition coefficient (Wildman–Crippen LogP) is 0.393. The molecule has 1 unspecified atom stereocenters. The minimum atomic E-state index is -0.552. The van der Waals surface area contributed by atoms with Crippen molar-refractivity contribution in [2.24, 2.45) is 10.7 Å². The highest BCUT2D eigenvalue weighted by Gasteiger charge is 2.13. The van der Waals surface area contributed by atoms with Crippen LogP contribution in [0.25, 0.3) is 0 Å². The van der Waals surface area contributed by atoms with Gasteiger partial charge in [-0.1, -0.05) is 30.3 Å². The van der Waals surface area contributed by atoms with E-state index in [9.17, 15) is 9.90 Å². The van der Waals surface area contributed by atoms with Gasteiger partial charge in [0.2, 0.25) is 0 Å². The largest absolute Gasteiger partial charge is 0.403 e. The van der Waals surface area contributed by atoms with Crippen LogP contribution < -0.4 is 16.8 Å². The number of hydrogen-bond acceptors (Lipinski definition) is 7. The minimum Gasteiger partial charge on any atom is -0.403 e. The lowest BCUT2D eigenvalue weighted by atomic mass is 10.1. The molecular formula is C16H18N6O2. The van der Waals surface area contributed by atoms with Gasteiger partial charge in [-0.2, -0.15) is 0 Å². The second kappa shape index (κ2) is 8.39. The van der Waals surface area contributed by atoms with E-state index < -0.39 is 11.9 Å². The maximum absolute atomic E-state index is 12.1. The van der Waals surface area contributed by atoms with Gasteiger partial charge >= 0.3 is 0 Å². The molecule has 0 aliphatic carbocycles. The van der Waals surface area contributed by atoms with Gasteiger partial charge in [0.1, 0.15) is 0 Å². The molecule has 8 nitrogen and oxygen atoms in total. The fourth-order valence-corrected chi connectivity index (χ4v) is 1.92. The van der Waals surface area contributed by atoms with Crippen molar-refractivity contribution in [1.82, 2.24) is 15.3 Å². The average molecular weight is 326 g/mol. The van der Waals surface area contributed by atoms with Crippen LogP contribution in [0.1, 0.15) is 22.1 Å². The Morgan fingerprint density at radius 1 is 1.29 bits per heavy atom. The van der Waals surface area contributed by atoms with Crippen molar-refractivity contribution >= 4 is 17.9 Å². The minimum absolute atomic E-state index is 0.00739. The Bertz CT molecular complexity index is 745. The second-order valence-electron chi connectivity index (χ2n) is 4.75. The van der Waals surface area contributed by atoms with Crippen LogP contribution in [0.4, 0.5) is 5.82 Å². The molecule has 0 saturated carbocycles. The summed E-state index contributed by atoms with van der Waals surface area (Å²) in [5, 5.41) is 12.0. The quantitative estimate of drug-likeness (QED) is 0.566. The summed E-state index contributed by atoms with van der Waals surface area (Å²) in [5.74, 6) is -0.537. The molecule has 1 aromatic carbocycles. The number of amides is 1. The molecule has 0 radical (unpaired) electrons. The number of aliphatic hydroxyl groups is 1. The lowest BCUT2D eigenvalue weighted by Crippen LogP contribution is -2.26. The number of nitrogens with one attached hydrogen (secondary N) is 1. The zero-order valence-electron chi connectivity index (χ0n) is 12.8. The van der Waals surface area contributed by atoms with Gasteiger partial charge in [0, 0.05) is 24.8 Å². The molecule has 24 heavy (non-hydrogen) atoms. The summed E-state index contributed by atoms with van der Waals surface area (Å²) in [5.41, 5.74) is 12.2. The van der Waals surface area contributed by atoms with Crippen molar-refractivity contribution in [2.75, 3.05) is 12.3 Å². The number of benzene rings is 1. The van der Waals surface area contributed by atoms with Crippen molar-refractivity contribution in [3.63, 3.8) is 0 Å². The number of rotatable bonds is 6. The second-order valence-corrected chi connectivity index (χ2v) is 4.75. The Morgan fingerprint density at radius 2 is 2.00 bits per heavy atom. The number of carbonyl (C=O) groups is 1. The molecule has 124 valence electrons. The maximum Gasteiger partial charge on any atom is 0.278 e. The molecule has 1 aromatic heterocycles. The standard InChI is InChI=1S/C16H18N6O2/c17-8-12(22-16(24)14-15(18)20-7-6-19-14)9-21-13(10-23)11-4-2-1-3-5-11/h1-9,13,23H,10,17H2,(H2,18,20)(H,22,24). The first-order chi connectivity index (χ1) is 11.7. The predicted molar refractivity (Wildman–Crippen MR) is 90.9 cm³/mol. The van der Waals surface area contributed by atoms with E-state index in [0.717, 1.165) is 5.56 Å². The Labute approximate surface area is 139 Å². The van der Waals surface area contributed by atoms with Crippen molar-refractivity contribution in [2.45, 2.75) is 6.04 Å². The van der Waals surface area contributed by atoms with Crippen LogP contribution in [0.15, 0.2) is 59.6 Å². The third-order valence-corrected chi connectivity index (χ3v) is 3.13. The fourth-order valence-electron chi connectivity index (χ4n) is 1.92. The van der Waals surface area contributed by atoms with Crippen LogP contribution in [0.3, 0.4) is 0 Å². The Balaban J connectivity index is 2.09. The first-order valence-electron chi connectivity index (χ1n) is 7.14. The Hall–Kier alpha value is -3.26. The molecular weight excluding hydrogens is 308 g/mol. The normalized spacial score (nSPS) is 13.0. The van der Waals surface area contributed by atoms with Crippen LogP contribution >= 0.6 is 0 Å². The van der Waals surface area contributed by atoms with Crippen LogP contribution in [0.5, 0.6) is 0 Å². The zero-order valence-corrected chi connectivity index (χ0v) is 12.8. The summed E-state index contributed by atoms with van der Waals surface area (Å²) < 4.78 is 0. The van der Waals surface area contributed by atoms with Gasteiger partial charge in [-0.25, -0.2) is 9.97 Å². The molecule has 0 aliphatic heterocycles. The van der Waals surface area contributed by atoms with Gasteiger partial charge in [-0.15, -0.1) is 0 Å². The van der Waals surface area contributed by atoms with Crippen LogP contribution in [0, 0.1) is 0 Å². The van der Waals surface area contributed by atoms with Gasteiger partial charge in [-0.3, -0.25) is 9.79 Å². The molecule has 1 amide bonds. The SMILES string of the molecule is NC=C(C=NC(CO)c1ccccc1)NC(=O)c1nccnc1N. The summed E-state index contributed by atoms with van der Waals surface area (Å²) in [6.07, 6.45) is 5.31. The average Bonchev–Trinajstić information content (AvgIpc) is 2.62. The lowest BCUT2D eigenvalue weighted by Gasteiger charge is -2.10. The number of nitrogens with zero attached hydrogens (tertiary/aromatic N) is 3. The van der Waals surface area contributed by atoms with Crippen LogP contribution in [0.2, 0.25) is 0 Å². The number of carbonyl (C=O) groups excluding carboxylic acids is 1. The van der Waals surface area contributed by atoms with E-state index in [-0.39, 0.29) is 23.8 Å². The Morgan fingerprint density at radius 3 is 2.62 bits per heavy atom. The van der Waals surface area contributed by atoms with Crippen molar-refractivity contribution in [3.8, 4) is 0 Å². The number of aliphatic hydroxyl groups excluding tert-OH is 1. The first kappa shape index (κ1) is 17.1. The van der Waals surface area contributed by atoms with Crippen LogP contribution in [-0.2, 0) is 0 Å². The smallest absolute Gasteiger partial charge is 0.278 e. The van der Waals surface area contributed by atoms with E-state index in [1.807, 2.05) is 30.3 Å². The molecule has 1 atom stereocenters. The van der Waals surface area contributed by atoms with E-state index >= 15 is 0 Å². The molecule has 0 bridgehead atoms. The third kappa shape index (κ3) is 4.37. The highest BCUT2D eigenvalue weighted by molar-refractivity contribution is 6.00. The summed E-state index contributed by atoms with van der Waals surface area (Å²) in [6, 6.07) is 8.82. The van der Waals surface area contributed by atoms with E-state index in [0.29, 0.717) is 0 Å². The van der Waals surface area contributed by atoms with Gasteiger partial charge in [0.25, 0.3) is 5.91 Å². The number of allylic oxidation sites excluding steroid dienone is 1. The van der Waals surface area contributed by atoms with Gasteiger partial charge in [0.05, 0.1) is 18.3 Å². The first-order valence-corrected chi connectivity index (χ1v) is 7.14. The van der Waals surface area contributed by atoms with Crippen molar-refractivity contribution in [1.29, 1.82) is 0 Å². The fraction of sp³-hybridized carbons (Fsp3) is 0.125. The third-order valence-electron chi connectivity index (χ3n) is 3.13. The number of nitrogens with two attached hydrogens (primary N) is 2. The summed E-state index contributed by atoms with van der Waals surface area (Å²) >= 11 is 0. The van der Waals surface area contributed by atoms with Crippen molar-refractivity contribution in [3.05, 3.63) is 65.9 Å². The monoisotopic (exact) mass is 326 g/mol. The molecule has 8 heteroatoms. The van der Waals surface area contributed by atoms with E-state index in [1.165, 1.54) is 24.8 Å². The molecule has 0 spiro atoms. The highest BCUT2D eigenvalue weighted by atomic mass is 16.3. The molecule has 0 fully saturated rings. The van der Waals surface area contributed by atoms with Gasteiger partial charge in [0.15, 0.2) is 11.5 Å². The summed E-state index contributed by atoms with van der Waals surface area (Å²) in [4.78, 5) is 24.0. The number of hydrogen-bond donors (Lipinski definition) is 4. The molecule has 2 aromatic rings. The highest BCUT2D eigenvalue weighted by Crippen LogP contribution is 2.15. The van der Waals surface area contributed by atoms with E-state index in [4.69, 9.17) is 11.5 Å². The number of anilines is 1. The van der Waals surface area contributed by atoms with Crippen molar-refractivity contribution < 1.29 is 9.90 Å². The van der Waals surface area contributed by atoms with E-state index in [1.54, 1.807) is 0 Å². The van der Waals surface area contributed by atoms with Crippen LogP contribution in [-0.4, -0.2) is 33.8 Å². The molecule has 0 saturated heterocycles. The van der Waals surface area contributed by atoms with E-state index in [2.05, 4.69) is 20.3 Å². The summed E-state index contributed by atoms with van der Waals surface area (Å²) in [6.45, 7) is -0.177. The lowest BCUT2D eigenvalue weighted by molar-refractivity contribution is 0.0963. The summed E-state index contributed by atoms with van der Waals surface area (Å²) in [7, 11) is 0. The topological polar surface area (TPSA) is 140 Å². The van der Waals surface area contributed by atoms with Gasteiger partial charge in [-0.05, 0) is 5.56 Å². The molecule has 0 aliphatic rings. The Kier molecular flexibility index (Phi) is 5.98. The number of nitrogen functional groups attached to an aromatic ring is 1. The number of aliphatic imine (C=N–C) groups is 1. The molecule has 2 rings (SSSR count). The number of aromatic nitrogens is 2.